The van der Waals surface area contributed by atoms with Crippen molar-refractivity contribution in [2.45, 2.75) is 101 Å². The maximum atomic E-state index is 2.43. The van der Waals surface area contributed by atoms with Gasteiger partial charge >= 0.3 is 166 Å². The van der Waals surface area contributed by atoms with Gasteiger partial charge in [0, 0.05) is 0 Å². The van der Waals surface area contributed by atoms with E-state index in [1.165, 1.54) is 77.0 Å². The topological polar surface area (TPSA) is 0 Å². The molecule has 0 bridgehead atoms. The van der Waals surface area contributed by atoms with Crippen LogP contribution in [-0.2, 0) is 6.42 Å². The van der Waals surface area contributed by atoms with Gasteiger partial charge in [-0.3, -0.25) is 0 Å². The van der Waals surface area contributed by atoms with Crippen LogP contribution in [-0.4, -0.2) is 23.0 Å². The summed E-state index contributed by atoms with van der Waals surface area (Å²) in [6.45, 7) is 7.15. The van der Waals surface area contributed by atoms with E-state index in [2.05, 4.69) is 51.1 Å². The summed E-state index contributed by atoms with van der Waals surface area (Å²) >= 11 is 1.07. The molecule has 0 saturated heterocycles. The van der Waals surface area contributed by atoms with Crippen LogP contribution in [0.1, 0.15) is 97.0 Å². The Hall–Kier alpha value is 0.0382. The molecule has 1 aromatic carbocycles. The fourth-order valence-electron chi connectivity index (χ4n) is 3.88. The van der Waals surface area contributed by atoms with E-state index >= 15 is 0 Å². The average Bonchev–Trinajstić information content (AvgIpc) is 2.63. The third kappa shape index (κ3) is 8.42. The van der Waals surface area contributed by atoms with Crippen molar-refractivity contribution in [2.24, 2.45) is 5.92 Å². The molecule has 0 N–H and O–H groups in total. The minimum absolute atomic E-state index is 0.667. The van der Waals surface area contributed by atoms with Crippen molar-refractivity contribution in [1.82, 2.24) is 0 Å². The number of rotatable bonds is 14. The molecule has 0 amide bonds. The second kappa shape index (κ2) is 13.3. The van der Waals surface area contributed by atoms with Crippen LogP contribution < -0.4 is 0 Å². The molecule has 1 heteroatoms. The zero-order valence-electron chi connectivity index (χ0n) is 16.7. The molecule has 1 unspecified atom stereocenters. The summed E-state index contributed by atoms with van der Waals surface area (Å²) in [6, 6.07) is 11.2. The van der Waals surface area contributed by atoms with Crippen LogP contribution >= 0.6 is 0 Å². The molecule has 0 spiro atoms. The molecule has 1 radical (unpaired) electrons. The zero-order chi connectivity index (χ0) is 17.7. The normalized spacial score (nSPS) is 13.3. The first-order chi connectivity index (χ1) is 11.7. The summed E-state index contributed by atoms with van der Waals surface area (Å²) in [5, 5.41) is 0. The first-order valence-corrected chi connectivity index (χ1v) is 12.6. The molecule has 24 heavy (non-hydrogen) atoms. The molecular weight excluding hydrogens is 398 g/mol. The molecular formula is C23H42Sb. The van der Waals surface area contributed by atoms with Crippen molar-refractivity contribution >= 4 is 23.0 Å². The Morgan fingerprint density at radius 2 is 1.33 bits per heavy atom. The van der Waals surface area contributed by atoms with Crippen LogP contribution in [0.3, 0.4) is 0 Å². The quantitative estimate of drug-likeness (QED) is 0.223. The minimum atomic E-state index is 0.667. The third-order valence-electron chi connectivity index (χ3n) is 6.01. The van der Waals surface area contributed by atoms with Gasteiger partial charge in [0.1, 0.15) is 0 Å². The molecule has 0 fully saturated rings. The second-order valence-electron chi connectivity index (χ2n) is 7.72. The summed E-state index contributed by atoms with van der Waals surface area (Å²) in [6.07, 6.45) is 17.0. The number of benzene rings is 1. The van der Waals surface area contributed by atoms with Crippen molar-refractivity contribution in [3.8, 4) is 0 Å². The Kier molecular flexibility index (Phi) is 12.2. The van der Waals surface area contributed by atoms with Gasteiger partial charge in [-0.1, -0.05) is 0 Å². The van der Waals surface area contributed by atoms with Gasteiger partial charge in [-0.15, -0.1) is 0 Å². The second-order valence-corrected chi connectivity index (χ2v) is 11.7. The molecule has 1 atom stereocenters. The molecule has 1 rings (SSSR count). The molecule has 0 aliphatic carbocycles. The standard InChI is InChI=1S/C23H39.Sb.3H/c1-4-7-8-9-10-11-12-16-19-23(22(5-2)6-3)20-21-17-14-13-15-18-21;;;;/h13-15,17-18,23H,4-12,16,19-20H2,1-3H3;;;;. The SMILES string of the molecule is CCCCCCCCCCC(Cc1ccccc1)[C]([SbH3])(CC)CC. The van der Waals surface area contributed by atoms with Crippen molar-refractivity contribution in [3.63, 3.8) is 0 Å². The van der Waals surface area contributed by atoms with Gasteiger partial charge in [0.2, 0.25) is 0 Å². The molecule has 0 heterocycles. The van der Waals surface area contributed by atoms with Gasteiger partial charge < -0.3 is 0 Å². The van der Waals surface area contributed by atoms with E-state index in [-0.39, 0.29) is 0 Å². The number of hydrogen-bond donors (Lipinski definition) is 0. The van der Waals surface area contributed by atoms with E-state index in [1.807, 2.05) is 0 Å². The third-order valence-corrected chi connectivity index (χ3v) is 10.5. The van der Waals surface area contributed by atoms with E-state index in [4.69, 9.17) is 0 Å². The fourth-order valence-corrected chi connectivity index (χ4v) is 4.87. The van der Waals surface area contributed by atoms with Crippen molar-refractivity contribution in [1.29, 1.82) is 0 Å². The molecule has 0 aromatic heterocycles. The Morgan fingerprint density at radius 3 is 1.88 bits per heavy atom. The monoisotopic (exact) mass is 439 g/mol. The molecule has 0 nitrogen and oxygen atoms in total. The van der Waals surface area contributed by atoms with E-state index in [0.717, 1.165) is 28.9 Å². The summed E-state index contributed by atoms with van der Waals surface area (Å²) < 4.78 is 0.667. The summed E-state index contributed by atoms with van der Waals surface area (Å²) in [5.74, 6) is 0.904. The fraction of sp³-hybridized carbons (Fsp3) is 0.739. The van der Waals surface area contributed by atoms with Crippen molar-refractivity contribution in [2.75, 3.05) is 0 Å². The van der Waals surface area contributed by atoms with Gasteiger partial charge in [0.25, 0.3) is 0 Å². The molecule has 0 aliphatic rings. The summed E-state index contributed by atoms with van der Waals surface area (Å²) in [5.41, 5.74) is 1.55. The van der Waals surface area contributed by atoms with E-state index < -0.39 is 0 Å². The molecule has 139 valence electrons. The Bertz CT molecular complexity index is 394. The summed E-state index contributed by atoms with van der Waals surface area (Å²) in [7, 11) is 0. The maximum absolute atomic E-state index is 2.43. The zero-order valence-corrected chi connectivity index (χ0v) is 20.7. The van der Waals surface area contributed by atoms with Crippen molar-refractivity contribution < 1.29 is 0 Å². The van der Waals surface area contributed by atoms with Crippen LogP contribution in [0, 0.1) is 5.92 Å². The van der Waals surface area contributed by atoms with E-state index in [9.17, 15) is 0 Å². The Morgan fingerprint density at radius 1 is 0.792 bits per heavy atom. The molecule has 0 aliphatic heterocycles. The van der Waals surface area contributed by atoms with Gasteiger partial charge in [0.15, 0.2) is 0 Å². The number of hydrogen-bond acceptors (Lipinski definition) is 0. The van der Waals surface area contributed by atoms with E-state index in [0.29, 0.717) is 3.36 Å². The van der Waals surface area contributed by atoms with Crippen molar-refractivity contribution in [3.05, 3.63) is 35.9 Å². The van der Waals surface area contributed by atoms with Crippen LogP contribution in [0.25, 0.3) is 0 Å². The van der Waals surface area contributed by atoms with Crippen LogP contribution in [0.5, 0.6) is 0 Å². The van der Waals surface area contributed by atoms with Crippen LogP contribution in [0.15, 0.2) is 30.3 Å². The van der Waals surface area contributed by atoms with E-state index in [1.54, 1.807) is 5.56 Å². The number of unbranched alkanes of at least 4 members (excludes halogenated alkanes) is 7. The van der Waals surface area contributed by atoms with Gasteiger partial charge in [-0.2, -0.15) is 0 Å². The predicted molar refractivity (Wildman–Crippen MR) is 114 cm³/mol. The Balaban J connectivity index is 2.42. The Labute approximate surface area is 165 Å². The first-order valence-electron chi connectivity index (χ1n) is 10.6. The van der Waals surface area contributed by atoms with Crippen LogP contribution in [0.2, 0.25) is 3.36 Å². The van der Waals surface area contributed by atoms with Gasteiger partial charge in [-0.05, 0) is 0 Å². The molecule has 1 aromatic rings. The van der Waals surface area contributed by atoms with Gasteiger partial charge in [0.05, 0.1) is 0 Å². The van der Waals surface area contributed by atoms with Gasteiger partial charge in [-0.25, -0.2) is 0 Å². The molecule has 0 saturated carbocycles. The van der Waals surface area contributed by atoms with Crippen LogP contribution in [0.4, 0.5) is 0 Å². The first kappa shape index (κ1) is 22.1. The summed E-state index contributed by atoms with van der Waals surface area (Å²) in [4.78, 5) is 0. The predicted octanol–water partition coefficient (Wildman–Crippen LogP) is 6.72. The average molecular weight is 440 g/mol.